The van der Waals surface area contributed by atoms with Crippen LogP contribution < -0.4 is 10.6 Å². The molecule has 0 bridgehead atoms. The lowest BCUT2D eigenvalue weighted by Crippen LogP contribution is -2.31. The fourth-order valence-electron chi connectivity index (χ4n) is 3.75. The van der Waals surface area contributed by atoms with Crippen molar-refractivity contribution in [3.63, 3.8) is 0 Å². The third kappa shape index (κ3) is 7.08. The highest BCUT2D eigenvalue weighted by Crippen LogP contribution is 2.27. The zero-order valence-corrected chi connectivity index (χ0v) is 23.5. The quantitative estimate of drug-likeness (QED) is 0.300. The van der Waals surface area contributed by atoms with Crippen molar-refractivity contribution < 1.29 is 9.59 Å². The monoisotopic (exact) mass is 577 g/mol. The number of nitrogens with zero attached hydrogens (tertiary/aromatic N) is 3. The van der Waals surface area contributed by atoms with E-state index in [1.54, 1.807) is 24.3 Å². The van der Waals surface area contributed by atoms with Crippen LogP contribution in [0, 0.1) is 19.8 Å². The second kappa shape index (κ2) is 12.1. The first-order chi connectivity index (χ1) is 16.6. The molecule has 1 aromatic heterocycles. The molecule has 0 aliphatic rings. The smallest absolute Gasteiger partial charge is 0.253 e. The van der Waals surface area contributed by atoms with Gasteiger partial charge in [0.1, 0.15) is 0 Å². The van der Waals surface area contributed by atoms with Crippen molar-refractivity contribution >= 4 is 56.8 Å². The Morgan fingerprint density at radius 2 is 1.80 bits per heavy atom. The van der Waals surface area contributed by atoms with E-state index in [1.165, 1.54) is 11.8 Å². The van der Waals surface area contributed by atoms with Gasteiger partial charge in [0.25, 0.3) is 5.91 Å². The zero-order valence-electron chi connectivity index (χ0n) is 20.4. The number of thioether (sulfide) groups is 1. The molecule has 2 N–H and O–H groups in total. The lowest BCUT2D eigenvalue weighted by molar-refractivity contribution is -0.113. The topological polar surface area (TPSA) is 88.9 Å². The summed E-state index contributed by atoms with van der Waals surface area (Å²) >= 11 is 11.0. The average Bonchev–Trinajstić information content (AvgIpc) is 3.14. The number of nitrogens with one attached hydrogen (secondary N) is 2. The first-order valence-electron chi connectivity index (χ1n) is 11.2. The molecule has 186 valence electrons. The van der Waals surface area contributed by atoms with Crippen LogP contribution in [0.2, 0.25) is 5.02 Å². The highest BCUT2D eigenvalue weighted by molar-refractivity contribution is 9.10. The maximum absolute atomic E-state index is 12.9. The Hall–Kier alpha value is -2.36. The van der Waals surface area contributed by atoms with Crippen molar-refractivity contribution in [3.8, 4) is 0 Å². The Kier molecular flexibility index (Phi) is 9.38. The fourth-order valence-corrected chi connectivity index (χ4v) is 5.38. The highest BCUT2D eigenvalue weighted by Gasteiger charge is 2.24. The van der Waals surface area contributed by atoms with E-state index in [4.69, 9.17) is 11.6 Å². The molecule has 0 radical (unpaired) electrons. The average molecular weight is 579 g/mol. The van der Waals surface area contributed by atoms with Gasteiger partial charge in [0.15, 0.2) is 11.0 Å². The molecule has 0 spiro atoms. The van der Waals surface area contributed by atoms with Gasteiger partial charge in [0.05, 0.1) is 22.4 Å². The summed E-state index contributed by atoms with van der Waals surface area (Å²) in [5, 5.41) is 15.7. The molecule has 2 aromatic carbocycles. The first kappa shape index (κ1) is 27.2. The molecular weight excluding hydrogens is 550 g/mol. The van der Waals surface area contributed by atoms with Crippen LogP contribution in [0.3, 0.4) is 0 Å². The summed E-state index contributed by atoms with van der Waals surface area (Å²) in [7, 11) is 1.84. The molecule has 3 rings (SSSR count). The Balaban J connectivity index is 1.71. The van der Waals surface area contributed by atoms with Crippen molar-refractivity contribution in [1.82, 2.24) is 20.1 Å². The molecule has 3 aromatic rings. The van der Waals surface area contributed by atoms with E-state index >= 15 is 0 Å². The minimum absolute atomic E-state index is 0.126. The molecule has 0 aliphatic carbocycles. The van der Waals surface area contributed by atoms with E-state index < -0.39 is 0 Å². The summed E-state index contributed by atoms with van der Waals surface area (Å²) in [5.74, 6) is 0.725. The molecule has 0 unspecified atom stereocenters. The van der Waals surface area contributed by atoms with Gasteiger partial charge in [0.2, 0.25) is 5.91 Å². The van der Waals surface area contributed by atoms with Crippen molar-refractivity contribution in [2.45, 2.75) is 45.3 Å². The van der Waals surface area contributed by atoms with Gasteiger partial charge in [0, 0.05) is 17.2 Å². The number of carbonyl (C=O) groups is 2. The number of amides is 2. The normalized spacial score (nSPS) is 12.0. The van der Waals surface area contributed by atoms with Gasteiger partial charge in [-0.3, -0.25) is 9.59 Å². The molecule has 7 nitrogen and oxygen atoms in total. The van der Waals surface area contributed by atoms with Gasteiger partial charge in [-0.15, -0.1) is 10.2 Å². The van der Waals surface area contributed by atoms with Crippen LogP contribution in [0.1, 0.15) is 53.6 Å². The number of hydrogen-bond acceptors (Lipinski definition) is 5. The van der Waals surface area contributed by atoms with Gasteiger partial charge in [-0.2, -0.15) is 0 Å². The van der Waals surface area contributed by atoms with E-state index in [9.17, 15) is 9.59 Å². The van der Waals surface area contributed by atoms with Gasteiger partial charge in [-0.1, -0.05) is 65.3 Å². The van der Waals surface area contributed by atoms with Crippen molar-refractivity contribution in [2.75, 3.05) is 11.1 Å². The Bertz CT molecular complexity index is 1210. The maximum atomic E-state index is 12.9. The van der Waals surface area contributed by atoms with Gasteiger partial charge in [-0.05, 0) is 61.6 Å². The first-order valence-corrected chi connectivity index (χ1v) is 13.4. The Morgan fingerprint density at radius 1 is 1.14 bits per heavy atom. The summed E-state index contributed by atoms with van der Waals surface area (Å²) in [5.41, 5.74) is 3.20. The molecule has 10 heteroatoms. The number of anilines is 1. The largest absolute Gasteiger partial charge is 0.342 e. The molecular formula is C25H29BrClN5O2S. The molecule has 0 saturated heterocycles. The molecule has 2 amide bonds. The van der Waals surface area contributed by atoms with Gasteiger partial charge >= 0.3 is 0 Å². The molecule has 35 heavy (non-hydrogen) atoms. The number of benzene rings is 2. The molecule has 1 atom stereocenters. The van der Waals surface area contributed by atoms with Crippen LogP contribution in [0.5, 0.6) is 0 Å². The van der Waals surface area contributed by atoms with E-state index in [0.717, 1.165) is 21.3 Å². The number of aromatic nitrogens is 3. The van der Waals surface area contributed by atoms with Crippen molar-refractivity contribution in [1.29, 1.82) is 0 Å². The van der Waals surface area contributed by atoms with Crippen LogP contribution in [0.4, 0.5) is 5.69 Å². The third-order valence-electron chi connectivity index (χ3n) is 5.41. The number of hydrogen-bond donors (Lipinski definition) is 2. The lowest BCUT2D eigenvalue weighted by atomic mass is 10.0. The number of halogens is 2. The van der Waals surface area contributed by atoms with Crippen LogP contribution in [0.15, 0.2) is 46.0 Å². The Morgan fingerprint density at radius 3 is 2.43 bits per heavy atom. The second-order valence-corrected chi connectivity index (χ2v) is 11.1. The van der Waals surface area contributed by atoms with Crippen molar-refractivity contribution in [2.24, 2.45) is 13.0 Å². The second-order valence-electron chi connectivity index (χ2n) is 8.79. The van der Waals surface area contributed by atoms with Crippen molar-refractivity contribution in [3.05, 3.63) is 68.4 Å². The van der Waals surface area contributed by atoms with E-state index in [2.05, 4.69) is 50.6 Å². The summed E-state index contributed by atoms with van der Waals surface area (Å²) in [6.07, 6.45) is 0.676. The molecule has 0 fully saturated rings. The van der Waals surface area contributed by atoms with E-state index in [0.29, 0.717) is 33.9 Å². The highest BCUT2D eigenvalue weighted by atomic mass is 79.9. The predicted octanol–water partition coefficient (Wildman–Crippen LogP) is 6.10. The predicted molar refractivity (Wildman–Crippen MR) is 145 cm³/mol. The van der Waals surface area contributed by atoms with Gasteiger partial charge in [-0.25, -0.2) is 0 Å². The molecule has 0 saturated carbocycles. The van der Waals surface area contributed by atoms with Crippen LogP contribution in [-0.2, 0) is 11.8 Å². The SMILES string of the molecule is Cc1cc(Br)cc(C)c1NC(=O)CSc1nnc([C@H](CC(C)C)NC(=O)c2ccccc2Cl)n1C. The van der Waals surface area contributed by atoms with Crippen LogP contribution >= 0.6 is 39.3 Å². The van der Waals surface area contributed by atoms with Crippen LogP contribution in [0.25, 0.3) is 0 Å². The standard InChI is InChI=1S/C25H29BrClN5O2S/c1-14(2)10-20(28-24(34)18-8-6-7-9-19(18)27)23-30-31-25(32(23)5)35-13-21(33)29-22-15(3)11-17(26)12-16(22)4/h6-9,11-12,14,20H,10,13H2,1-5H3,(H,28,34)(H,29,33)/t20-/m0/s1. The molecule has 1 heterocycles. The molecule has 0 aliphatic heterocycles. The fraction of sp³-hybridized carbons (Fsp3) is 0.360. The lowest BCUT2D eigenvalue weighted by Gasteiger charge is -2.20. The summed E-state index contributed by atoms with van der Waals surface area (Å²) in [6, 6.07) is 10.5. The number of aryl methyl sites for hydroxylation is 2. The summed E-state index contributed by atoms with van der Waals surface area (Å²) in [6.45, 7) is 8.08. The minimum Gasteiger partial charge on any atom is -0.342 e. The van der Waals surface area contributed by atoms with Crippen LogP contribution in [-0.4, -0.2) is 32.3 Å². The number of rotatable bonds is 9. The zero-order chi connectivity index (χ0) is 25.7. The third-order valence-corrected chi connectivity index (χ3v) is 7.21. The Labute approximate surface area is 223 Å². The summed E-state index contributed by atoms with van der Waals surface area (Å²) < 4.78 is 2.80. The minimum atomic E-state index is -0.354. The van der Waals surface area contributed by atoms with Gasteiger partial charge < -0.3 is 15.2 Å². The summed E-state index contributed by atoms with van der Waals surface area (Å²) in [4.78, 5) is 25.5. The van der Waals surface area contributed by atoms with E-state index in [1.807, 2.05) is 37.6 Å². The number of carbonyl (C=O) groups excluding carboxylic acids is 2. The van der Waals surface area contributed by atoms with E-state index in [-0.39, 0.29) is 23.6 Å². The maximum Gasteiger partial charge on any atom is 0.253 e.